The summed E-state index contributed by atoms with van der Waals surface area (Å²) in [6.07, 6.45) is -5.90. The predicted molar refractivity (Wildman–Crippen MR) is 114 cm³/mol. The summed E-state index contributed by atoms with van der Waals surface area (Å²) in [7, 11) is 0. The first-order chi connectivity index (χ1) is 15.8. The van der Waals surface area contributed by atoms with Crippen molar-refractivity contribution in [3.63, 3.8) is 0 Å². The van der Waals surface area contributed by atoms with Crippen molar-refractivity contribution in [3.05, 3.63) is 29.3 Å². The molecule has 1 aromatic carbocycles. The Kier molecular flexibility index (Phi) is 5.82. The second-order valence-electron chi connectivity index (χ2n) is 9.53. The molecule has 180 valence electrons. The van der Waals surface area contributed by atoms with Gasteiger partial charge in [-0.1, -0.05) is 24.6 Å². The van der Waals surface area contributed by atoms with Gasteiger partial charge in [0.1, 0.15) is 18.3 Å². The standard InChI is InChI=1S/C23H30N2O8/c1-11(26)25-9-13-5-3-7-15-14-6-2-4-12(14)8-24(17(13)15)10-16(25)32-23-20(29)18(27)19(28)21(33-23)22(30)31/h3,5,7,12,14,16,18-21,23,27-29H,2,4,6,8-10H2,1H3,(H,30,31). The molecule has 1 aromatic rings. The van der Waals surface area contributed by atoms with E-state index in [0.29, 0.717) is 24.9 Å². The van der Waals surface area contributed by atoms with Crippen LogP contribution in [0.3, 0.4) is 0 Å². The van der Waals surface area contributed by atoms with Crippen molar-refractivity contribution in [2.75, 3.05) is 18.0 Å². The van der Waals surface area contributed by atoms with Crippen LogP contribution in [0.25, 0.3) is 0 Å². The molecule has 0 aromatic heterocycles. The van der Waals surface area contributed by atoms with Crippen LogP contribution in [-0.4, -0.2) is 87.2 Å². The third-order valence-corrected chi connectivity index (χ3v) is 7.55. The number of aliphatic hydroxyl groups excluding tert-OH is 3. The largest absolute Gasteiger partial charge is 0.479 e. The lowest BCUT2D eigenvalue weighted by Gasteiger charge is -2.43. The number of carbonyl (C=O) groups excluding carboxylic acids is 1. The molecule has 1 saturated heterocycles. The number of aliphatic carboxylic acids is 1. The lowest BCUT2D eigenvalue weighted by molar-refractivity contribution is -0.313. The van der Waals surface area contributed by atoms with Crippen LogP contribution < -0.4 is 4.90 Å². The first-order valence-corrected chi connectivity index (χ1v) is 11.5. The molecule has 4 N–H and O–H groups in total. The van der Waals surface area contributed by atoms with Crippen LogP contribution in [-0.2, 0) is 25.6 Å². The Morgan fingerprint density at radius 1 is 1.09 bits per heavy atom. The van der Waals surface area contributed by atoms with Crippen LogP contribution in [0.1, 0.15) is 43.2 Å². The van der Waals surface area contributed by atoms with E-state index in [1.807, 2.05) is 12.1 Å². The molecule has 8 unspecified atom stereocenters. The topological polar surface area (TPSA) is 140 Å². The van der Waals surface area contributed by atoms with E-state index in [9.17, 15) is 30.0 Å². The average Bonchev–Trinajstić information content (AvgIpc) is 3.19. The third-order valence-electron chi connectivity index (χ3n) is 7.55. The van der Waals surface area contributed by atoms with Crippen LogP contribution in [0.5, 0.6) is 0 Å². The maximum absolute atomic E-state index is 12.6. The van der Waals surface area contributed by atoms with Crippen LogP contribution >= 0.6 is 0 Å². The molecule has 3 aliphatic heterocycles. The molecule has 1 amide bonds. The Balaban J connectivity index is 1.46. The van der Waals surface area contributed by atoms with E-state index in [4.69, 9.17) is 9.47 Å². The predicted octanol–water partition coefficient (Wildman–Crippen LogP) is -0.0127. The van der Waals surface area contributed by atoms with Gasteiger partial charge in [0.25, 0.3) is 0 Å². The van der Waals surface area contributed by atoms with Gasteiger partial charge in [0.15, 0.2) is 18.6 Å². The maximum Gasteiger partial charge on any atom is 0.335 e. The van der Waals surface area contributed by atoms with E-state index < -0.39 is 42.9 Å². The molecule has 4 aliphatic rings. The highest BCUT2D eigenvalue weighted by Gasteiger charge is 2.49. The zero-order valence-electron chi connectivity index (χ0n) is 18.4. The highest BCUT2D eigenvalue weighted by Crippen LogP contribution is 2.49. The van der Waals surface area contributed by atoms with Gasteiger partial charge in [0.05, 0.1) is 13.1 Å². The summed E-state index contributed by atoms with van der Waals surface area (Å²) in [4.78, 5) is 27.8. The Morgan fingerprint density at radius 2 is 1.88 bits per heavy atom. The number of hydrogen-bond donors (Lipinski definition) is 4. The number of hydrogen-bond acceptors (Lipinski definition) is 8. The zero-order valence-corrected chi connectivity index (χ0v) is 18.4. The van der Waals surface area contributed by atoms with Crippen molar-refractivity contribution >= 4 is 17.6 Å². The monoisotopic (exact) mass is 462 g/mol. The Morgan fingerprint density at radius 3 is 2.61 bits per heavy atom. The number of carboxylic acids is 1. The first-order valence-electron chi connectivity index (χ1n) is 11.5. The first kappa shape index (κ1) is 22.5. The van der Waals surface area contributed by atoms with E-state index in [-0.39, 0.29) is 5.91 Å². The third kappa shape index (κ3) is 3.79. The summed E-state index contributed by atoms with van der Waals surface area (Å²) in [6.45, 7) is 2.87. The molecule has 0 radical (unpaired) electrons. The Bertz CT molecular complexity index is 941. The van der Waals surface area contributed by atoms with Gasteiger partial charge < -0.3 is 39.7 Å². The lowest BCUT2D eigenvalue weighted by Crippen LogP contribution is -2.62. The van der Waals surface area contributed by atoms with Crippen LogP contribution in [0.15, 0.2) is 18.2 Å². The Labute approximate surface area is 191 Å². The maximum atomic E-state index is 12.6. The Hall–Kier alpha value is -2.24. The summed E-state index contributed by atoms with van der Waals surface area (Å²) >= 11 is 0. The van der Waals surface area contributed by atoms with Gasteiger partial charge >= 0.3 is 5.97 Å². The molecule has 1 aliphatic carbocycles. The minimum absolute atomic E-state index is 0.238. The van der Waals surface area contributed by atoms with E-state index in [1.54, 1.807) is 0 Å². The van der Waals surface area contributed by atoms with Crippen molar-refractivity contribution in [2.24, 2.45) is 5.92 Å². The van der Waals surface area contributed by atoms with Gasteiger partial charge in [-0.3, -0.25) is 4.79 Å². The number of carbonyl (C=O) groups is 2. The van der Waals surface area contributed by atoms with Gasteiger partial charge in [0.2, 0.25) is 5.91 Å². The molecular weight excluding hydrogens is 432 g/mol. The molecule has 2 fully saturated rings. The van der Waals surface area contributed by atoms with Crippen molar-refractivity contribution in [1.82, 2.24) is 4.90 Å². The zero-order chi connectivity index (χ0) is 23.4. The van der Waals surface area contributed by atoms with E-state index in [1.165, 1.54) is 23.8 Å². The minimum Gasteiger partial charge on any atom is -0.479 e. The van der Waals surface area contributed by atoms with E-state index in [2.05, 4.69) is 11.0 Å². The fraction of sp³-hybridized carbons (Fsp3) is 0.652. The minimum atomic E-state index is -1.80. The van der Waals surface area contributed by atoms with Gasteiger partial charge in [0, 0.05) is 19.2 Å². The number of ether oxygens (including phenoxy) is 2. The van der Waals surface area contributed by atoms with E-state index in [0.717, 1.165) is 30.6 Å². The molecule has 5 rings (SSSR count). The number of nitrogens with zero attached hydrogens (tertiary/aromatic N) is 2. The fourth-order valence-corrected chi connectivity index (χ4v) is 5.95. The second kappa shape index (κ2) is 8.52. The number of rotatable bonds is 3. The molecule has 3 heterocycles. The molecule has 8 atom stereocenters. The quantitative estimate of drug-likeness (QED) is 0.488. The van der Waals surface area contributed by atoms with Crippen molar-refractivity contribution in [2.45, 2.75) is 75.6 Å². The SMILES string of the molecule is CC(=O)N1Cc2cccc3c2N(CC2CCCC32)CC1OC1OC(C(=O)O)C(O)C(O)C1O. The second-order valence-corrected chi connectivity index (χ2v) is 9.53. The summed E-state index contributed by atoms with van der Waals surface area (Å²) in [5.41, 5.74) is 3.44. The van der Waals surface area contributed by atoms with Gasteiger partial charge in [-0.05, 0) is 35.8 Å². The van der Waals surface area contributed by atoms with Gasteiger partial charge in [-0.2, -0.15) is 0 Å². The summed E-state index contributed by atoms with van der Waals surface area (Å²) in [5.74, 6) is -0.692. The normalized spacial score (nSPS) is 37.8. The van der Waals surface area contributed by atoms with Crippen molar-refractivity contribution in [3.8, 4) is 0 Å². The number of amides is 1. The molecule has 10 nitrogen and oxygen atoms in total. The fourth-order valence-electron chi connectivity index (χ4n) is 5.95. The summed E-state index contributed by atoms with van der Waals surface area (Å²) in [5, 5.41) is 39.9. The van der Waals surface area contributed by atoms with Gasteiger partial charge in [-0.25, -0.2) is 4.79 Å². The molecule has 33 heavy (non-hydrogen) atoms. The average molecular weight is 462 g/mol. The summed E-state index contributed by atoms with van der Waals surface area (Å²) < 4.78 is 11.3. The molecular formula is C23H30N2O8. The molecule has 1 saturated carbocycles. The number of aliphatic hydroxyl groups is 3. The molecule has 0 spiro atoms. The number of para-hydroxylation sites is 1. The lowest BCUT2D eigenvalue weighted by atomic mass is 9.82. The highest BCUT2D eigenvalue weighted by atomic mass is 16.7. The van der Waals surface area contributed by atoms with Crippen LogP contribution in [0, 0.1) is 5.92 Å². The number of fused-ring (bicyclic) bond motifs is 2. The highest BCUT2D eigenvalue weighted by molar-refractivity contribution is 5.75. The van der Waals surface area contributed by atoms with Crippen LogP contribution in [0.4, 0.5) is 5.69 Å². The van der Waals surface area contributed by atoms with Gasteiger partial charge in [-0.15, -0.1) is 0 Å². The van der Waals surface area contributed by atoms with E-state index >= 15 is 0 Å². The van der Waals surface area contributed by atoms with Crippen molar-refractivity contribution < 1.29 is 39.5 Å². The van der Waals surface area contributed by atoms with Crippen LogP contribution in [0.2, 0.25) is 0 Å². The molecule has 10 heteroatoms. The molecule has 0 bridgehead atoms. The van der Waals surface area contributed by atoms with Crippen molar-refractivity contribution in [1.29, 1.82) is 0 Å². The number of carboxylic acid groups (broad SMARTS) is 1. The summed E-state index contributed by atoms with van der Waals surface area (Å²) in [6, 6.07) is 6.19. The number of benzene rings is 1. The number of anilines is 1. The smallest absolute Gasteiger partial charge is 0.335 e.